The average molecular weight is 527 g/mol. The SMILES string of the molecule is O=C(c1ccccc1F)N(CC(=O)N1CCc2sccc2C1COc1cccc(F)c1)CC1CCCO1. The molecule has 0 spiro atoms. The second-order valence-corrected chi connectivity index (χ2v) is 10.2. The van der Waals surface area contributed by atoms with Gasteiger partial charge < -0.3 is 19.3 Å². The van der Waals surface area contributed by atoms with Gasteiger partial charge in [-0.1, -0.05) is 18.2 Å². The minimum Gasteiger partial charge on any atom is -0.491 e. The van der Waals surface area contributed by atoms with Crippen molar-refractivity contribution in [2.75, 3.05) is 32.8 Å². The number of carbonyl (C=O) groups is 2. The first-order valence-corrected chi connectivity index (χ1v) is 13.3. The molecule has 1 fully saturated rings. The first-order valence-electron chi connectivity index (χ1n) is 12.4. The van der Waals surface area contributed by atoms with E-state index < -0.39 is 17.5 Å². The van der Waals surface area contributed by atoms with Crippen LogP contribution in [-0.4, -0.2) is 60.6 Å². The lowest BCUT2D eigenvalue weighted by Gasteiger charge is -2.37. The molecule has 194 valence electrons. The van der Waals surface area contributed by atoms with Gasteiger partial charge in [0.1, 0.15) is 30.5 Å². The fourth-order valence-corrected chi connectivity index (χ4v) is 5.85. The molecule has 2 aromatic carbocycles. The van der Waals surface area contributed by atoms with Crippen molar-refractivity contribution in [3.8, 4) is 5.75 Å². The zero-order valence-corrected chi connectivity index (χ0v) is 21.1. The predicted octanol–water partition coefficient (Wildman–Crippen LogP) is 4.85. The number of ether oxygens (including phenoxy) is 2. The third-order valence-corrected chi connectivity index (χ3v) is 7.78. The summed E-state index contributed by atoms with van der Waals surface area (Å²) in [5, 5.41) is 1.99. The van der Waals surface area contributed by atoms with E-state index in [0.29, 0.717) is 25.3 Å². The third kappa shape index (κ3) is 5.83. The number of carbonyl (C=O) groups excluding carboxylic acids is 2. The molecular formula is C28H28F2N2O4S. The van der Waals surface area contributed by atoms with Crippen LogP contribution in [0, 0.1) is 11.6 Å². The molecule has 0 bridgehead atoms. The average Bonchev–Trinajstić information content (AvgIpc) is 3.59. The van der Waals surface area contributed by atoms with Crippen LogP contribution in [-0.2, 0) is 16.0 Å². The minimum absolute atomic E-state index is 0.0713. The monoisotopic (exact) mass is 526 g/mol. The fourth-order valence-electron chi connectivity index (χ4n) is 4.92. The molecule has 2 aliphatic rings. The molecular weight excluding hydrogens is 498 g/mol. The Hall–Kier alpha value is -3.30. The second kappa shape index (κ2) is 11.4. The van der Waals surface area contributed by atoms with Crippen LogP contribution >= 0.6 is 11.3 Å². The molecule has 3 heterocycles. The van der Waals surface area contributed by atoms with Crippen LogP contribution in [0.3, 0.4) is 0 Å². The number of amides is 2. The highest BCUT2D eigenvalue weighted by Gasteiger charge is 2.35. The van der Waals surface area contributed by atoms with Crippen molar-refractivity contribution in [3.05, 3.63) is 87.6 Å². The second-order valence-electron chi connectivity index (χ2n) is 9.22. The van der Waals surface area contributed by atoms with E-state index >= 15 is 0 Å². The van der Waals surface area contributed by atoms with E-state index in [1.54, 1.807) is 34.4 Å². The number of fused-ring (bicyclic) bond motifs is 1. The van der Waals surface area contributed by atoms with E-state index in [9.17, 15) is 18.4 Å². The van der Waals surface area contributed by atoms with Crippen LogP contribution in [0.4, 0.5) is 8.78 Å². The summed E-state index contributed by atoms with van der Waals surface area (Å²) in [4.78, 5) is 31.3. The summed E-state index contributed by atoms with van der Waals surface area (Å²) in [6.07, 6.45) is 2.16. The van der Waals surface area contributed by atoms with Crippen LogP contribution in [0.1, 0.15) is 39.7 Å². The summed E-state index contributed by atoms with van der Waals surface area (Å²) >= 11 is 1.63. The van der Waals surface area contributed by atoms with E-state index in [-0.39, 0.29) is 43.3 Å². The number of rotatable bonds is 8. The highest BCUT2D eigenvalue weighted by molar-refractivity contribution is 7.10. The summed E-state index contributed by atoms with van der Waals surface area (Å²) in [7, 11) is 0. The molecule has 1 saturated heterocycles. The van der Waals surface area contributed by atoms with Gasteiger partial charge in [-0.2, -0.15) is 0 Å². The van der Waals surface area contributed by atoms with E-state index in [1.807, 2.05) is 11.4 Å². The molecule has 5 rings (SSSR count). The van der Waals surface area contributed by atoms with Crippen LogP contribution in [0.25, 0.3) is 0 Å². The largest absolute Gasteiger partial charge is 0.491 e. The summed E-state index contributed by atoms with van der Waals surface area (Å²) in [6.45, 7) is 1.22. The van der Waals surface area contributed by atoms with Gasteiger partial charge in [-0.25, -0.2) is 8.78 Å². The Balaban J connectivity index is 1.36. The Kier molecular flexibility index (Phi) is 7.81. The molecule has 1 aromatic heterocycles. The highest BCUT2D eigenvalue weighted by Crippen LogP contribution is 2.34. The fraction of sp³-hybridized carbons (Fsp3) is 0.357. The Morgan fingerprint density at radius 2 is 2.00 bits per heavy atom. The van der Waals surface area contributed by atoms with Crippen molar-refractivity contribution in [1.29, 1.82) is 0 Å². The van der Waals surface area contributed by atoms with Gasteiger partial charge in [0.2, 0.25) is 5.91 Å². The number of thiophene rings is 1. The summed E-state index contributed by atoms with van der Waals surface area (Å²) in [5.41, 5.74) is 0.921. The molecule has 0 aliphatic carbocycles. The summed E-state index contributed by atoms with van der Waals surface area (Å²) in [5.74, 6) is -1.44. The summed E-state index contributed by atoms with van der Waals surface area (Å²) in [6, 6.07) is 13.3. The first-order chi connectivity index (χ1) is 18.0. The molecule has 0 N–H and O–H groups in total. The van der Waals surface area contributed by atoms with Gasteiger partial charge >= 0.3 is 0 Å². The first kappa shape index (κ1) is 25.4. The van der Waals surface area contributed by atoms with Gasteiger partial charge in [0.15, 0.2) is 0 Å². The quantitative estimate of drug-likeness (QED) is 0.421. The van der Waals surface area contributed by atoms with Gasteiger partial charge in [0.25, 0.3) is 5.91 Å². The lowest BCUT2D eigenvalue weighted by Crippen LogP contribution is -2.49. The van der Waals surface area contributed by atoms with Crippen LogP contribution in [0.15, 0.2) is 60.0 Å². The van der Waals surface area contributed by atoms with Gasteiger partial charge in [0, 0.05) is 30.6 Å². The van der Waals surface area contributed by atoms with Crippen molar-refractivity contribution in [2.45, 2.75) is 31.4 Å². The van der Waals surface area contributed by atoms with Gasteiger partial charge in [-0.3, -0.25) is 9.59 Å². The molecule has 2 amide bonds. The van der Waals surface area contributed by atoms with Crippen molar-refractivity contribution < 1.29 is 27.8 Å². The minimum atomic E-state index is -0.625. The standard InChI is InChI=1S/C28H28F2N2O4S/c29-19-5-3-6-20(15-19)36-18-25-23-11-14-37-26(23)10-12-32(25)27(33)17-31(16-21-7-4-13-35-21)28(34)22-8-1-2-9-24(22)30/h1-3,5-6,8-9,11,14-15,21,25H,4,7,10,12-13,16-18H2. The zero-order chi connectivity index (χ0) is 25.8. The molecule has 2 atom stereocenters. The molecule has 3 aromatic rings. The zero-order valence-electron chi connectivity index (χ0n) is 20.3. The lowest BCUT2D eigenvalue weighted by molar-refractivity contribution is -0.135. The predicted molar refractivity (Wildman–Crippen MR) is 136 cm³/mol. The van der Waals surface area contributed by atoms with E-state index in [4.69, 9.17) is 9.47 Å². The van der Waals surface area contributed by atoms with Crippen molar-refractivity contribution in [3.63, 3.8) is 0 Å². The van der Waals surface area contributed by atoms with Gasteiger partial charge in [-0.05, 0) is 60.5 Å². The molecule has 6 nitrogen and oxygen atoms in total. The molecule has 37 heavy (non-hydrogen) atoms. The molecule has 0 saturated carbocycles. The van der Waals surface area contributed by atoms with Crippen LogP contribution < -0.4 is 4.74 Å². The third-order valence-electron chi connectivity index (χ3n) is 6.78. The molecule has 9 heteroatoms. The maximum atomic E-state index is 14.5. The van der Waals surface area contributed by atoms with Crippen molar-refractivity contribution in [2.24, 2.45) is 0 Å². The van der Waals surface area contributed by atoms with Gasteiger partial charge in [-0.15, -0.1) is 11.3 Å². The Morgan fingerprint density at radius 3 is 2.78 bits per heavy atom. The number of benzene rings is 2. The van der Waals surface area contributed by atoms with Crippen LogP contribution in [0.2, 0.25) is 0 Å². The Labute approximate surface area is 218 Å². The van der Waals surface area contributed by atoms with Gasteiger partial charge in [0.05, 0.1) is 17.7 Å². The normalized spacial score (nSPS) is 18.9. The van der Waals surface area contributed by atoms with Crippen LogP contribution in [0.5, 0.6) is 5.75 Å². The van der Waals surface area contributed by atoms with Crippen molar-refractivity contribution in [1.82, 2.24) is 9.80 Å². The lowest BCUT2D eigenvalue weighted by atomic mass is 10.00. The topological polar surface area (TPSA) is 59.1 Å². The molecule has 2 unspecified atom stereocenters. The smallest absolute Gasteiger partial charge is 0.257 e. The summed E-state index contributed by atoms with van der Waals surface area (Å²) < 4.78 is 39.8. The number of halogens is 2. The van der Waals surface area contributed by atoms with E-state index in [2.05, 4.69) is 0 Å². The molecule has 0 radical (unpaired) electrons. The maximum Gasteiger partial charge on any atom is 0.257 e. The van der Waals surface area contributed by atoms with Crippen molar-refractivity contribution >= 4 is 23.2 Å². The molecule has 2 aliphatic heterocycles. The number of hydrogen-bond acceptors (Lipinski definition) is 5. The Bertz CT molecular complexity index is 1260. The Morgan fingerprint density at radius 1 is 1.14 bits per heavy atom. The highest BCUT2D eigenvalue weighted by atomic mass is 32.1. The number of hydrogen-bond donors (Lipinski definition) is 0. The van der Waals surface area contributed by atoms with E-state index in [1.165, 1.54) is 40.1 Å². The number of nitrogens with zero attached hydrogens (tertiary/aromatic N) is 2. The maximum absolute atomic E-state index is 14.5. The van der Waals surface area contributed by atoms with E-state index in [0.717, 1.165) is 18.4 Å².